The zero-order valence-corrected chi connectivity index (χ0v) is 17.5. The van der Waals surface area contributed by atoms with Crippen molar-refractivity contribution in [2.75, 3.05) is 7.11 Å². The Morgan fingerprint density at radius 1 is 1.19 bits per heavy atom. The van der Waals surface area contributed by atoms with Crippen molar-refractivity contribution >= 4 is 5.97 Å². The van der Waals surface area contributed by atoms with Gasteiger partial charge in [-0.25, -0.2) is 4.79 Å². The lowest BCUT2D eigenvalue weighted by molar-refractivity contribution is 0.0512. The number of carbonyl (C=O) groups excluding carboxylic acids is 1. The summed E-state index contributed by atoms with van der Waals surface area (Å²) in [6, 6.07) is 3.95. The summed E-state index contributed by atoms with van der Waals surface area (Å²) in [4.78, 5) is 12.1. The first-order valence-electron chi connectivity index (χ1n) is 10.2. The molecule has 1 heterocycles. The Bertz CT molecular complexity index is 618. The van der Waals surface area contributed by atoms with Gasteiger partial charge in [0.05, 0.1) is 12.7 Å². The smallest absolute Gasteiger partial charge is 0.337 e. The highest BCUT2D eigenvalue weighted by Gasteiger charge is 2.33. The minimum Gasteiger partial charge on any atom is -0.487 e. The van der Waals surface area contributed by atoms with E-state index in [9.17, 15) is 4.79 Å². The van der Waals surface area contributed by atoms with E-state index in [0.717, 1.165) is 54.9 Å². The van der Waals surface area contributed by atoms with Crippen molar-refractivity contribution in [2.24, 2.45) is 11.8 Å². The largest absolute Gasteiger partial charge is 0.487 e. The van der Waals surface area contributed by atoms with E-state index < -0.39 is 0 Å². The predicted octanol–water partition coefficient (Wildman–Crippen LogP) is 5.97. The molecular weight excluding hydrogens is 324 g/mol. The average molecular weight is 361 g/mol. The van der Waals surface area contributed by atoms with E-state index in [-0.39, 0.29) is 11.6 Å². The van der Waals surface area contributed by atoms with E-state index in [1.165, 1.54) is 20.0 Å². The number of methoxy groups -OCH3 is 1. The number of carbonyl (C=O) groups is 1. The number of fused-ring (bicyclic) bond motifs is 1. The molecule has 0 radical (unpaired) electrons. The van der Waals surface area contributed by atoms with Crippen LogP contribution in [0, 0.1) is 11.8 Å². The Hall–Kier alpha value is -1.51. The van der Waals surface area contributed by atoms with Gasteiger partial charge in [-0.2, -0.15) is 0 Å². The summed E-state index contributed by atoms with van der Waals surface area (Å²) in [6.45, 7) is 11.3. The summed E-state index contributed by atoms with van der Waals surface area (Å²) in [6.07, 6.45) is 7.53. The van der Waals surface area contributed by atoms with Gasteiger partial charge in [-0.3, -0.25) is 0 Å². The summed E-state index contributed by atoms with van der Waals surface area (Å²) >= 11 is 0. The maximum atomic E-state index is 12.1. The molecule has 3 heteroatoms. The number of esters is 1. The quantitative estimate of drug-likeness (QED) is 0.536. The fourth-order valence-corrected chi connectivity index (χ4v) is 3.69. The standard InChI is InChI=1S/C23H36O3/c1-16(2)8-7-12-23(5)13-11-19-15-20(22(24)25-6)14-18(21(19)26-23)10-9-17(3)4/h14-17H,7-13H2,1-6H3/t23-/m0/s1. The van der Waals surface area contributed by atoms with Crippen molar-refractivity contribution in [3.05, 3.63) is 28.8 Å². The molecule has 1 aromatic carbocycles. The van der Waals surface area contributed by atoms with Gasteiger partial charge in [-0.05, 0) is 80.5 Å². The molecule has 1 aromatic rings. The maximum absolute atomic E-state index is 12.1. The van der Waals surface area contributed by atoms with Gasteiger partial charge in [0.25, 0.3) is 0 Å². The maximum Gasteiger partial charge on any atom is 0.337 e. The van der Waals surface area contributed by atoms with Crippen LogP contribution in [-0.4, -0.2) is 18.7 Å². The van der Waals surface area contributed by atoms with Crippen LogP contribution in [0.1, 0.15) is 88.2 Å². The van der Waals surface area contributed by atoms with Gasteiger partial charge in [0.1, 0.15) is 11.4 Å². The van der Waals surface area contributed by atoms with E-state index in [4.69, 9.17) is 9.47 Å². The molecule has 0 aliphatic carbocycles. The SMILES string of the molecule is COC(=O)c1cc(CCC(C)C)c2c(c1)CC[C@](C)(CCCC(C)C)O2. The molecule has 0 fully saturated rings. The summed E-state index contributed by atoms with van der Waals surface area (Å²) < 4.78 is 11.5. The number of ether oxygens (including phenoxy) is 2. The Morgan fingerprint density at radius 2 is 1.88 bits per heavy atom. The molecule has 0 saturated heterocycles. The monoisotopic (exact) mass is 360 g/mol. The van der Waals surface area contributed by atoms with Gasteiger partial charge in [0.15, 0.2) is 0 Å². The van der Waals surface area contributed by atoms with E-state index in [1.807, 2.05) is 12.1 Å². The van der Waals surface area contributed by atoms with E-state index in [1.54, 1.807) is 0 Å². The van der Waals surface area contributed by atoms with Crippen LogP contribution in [0.2, 0.25) is 0 Å². The molecule has 0 saturated carbocycles. The summed E-state index contributed by atoms with van der Waals surface area (Å²) in [7, 11) is 1.44. The molecule has 0 amide bonds. The molecule has 26 heavy (non-hydrogen) atoms. The first kappa shape index (κ1) is 20.8. The molecule has 0 unspecified atom stereocenters. The molecule has 0 aromatic heterocycles. The summed E-state index contributed by atoms with van der Waals surface area (Å²) in [5.41, 5.74) is 2.87. The summed E-state index contributed by atoms with van der Waals surface area (Å²) in [5.74, 6) is 2.12. The van der Waals surface area contributed by atoms with Gasteiger partial charge in [0.2, 0.25) is 0 Å². The average Bonchev–Trinajstić information content (AvgIpc) is 2.58. The molecule has 1 atom stereocenters. The van der Waals surface area contributed by atoms with Crippen LogP contribution in [0.5, 0.6) is 5.75 Å². The number of hydrogen-bond donors (Lipinski definition) is 0. The van der Waals surface area contributed by atoms with Gasteiger partial charge >= 0.3 is 5.97 Å². The van der Waals surface area contributed by atoms with Gasteiger partial charge in [-0.1, -0.05) is 34.1 Å². The summed E-state index contributed by atoms with van der Waals surface area (Å²) in [5, 5.41) is 0. The lowest BCUT2D eigenvalue weighted by Crippen LogP contribution is -2.37. The molecule has 1 aliphatic rings. The molecule has 2 rings (SSSR count). The third-order valence-electron chi connectivity index (χ3n) is 5.41. The van der Waals surface area contributed by atoms with Crippen molar-refractivity contribution in [1.29, 1.82) is 0 Å². The number of hydrogen-bond acceptors (Lipinski definition) is 3. The van der Waals surface area contributed by atoms with Crippen LogP contribution in [0.4, 0.5) is 0 Å². The molecule has 0 spiro atoms. The van der Waals surface area contributed by atoms with Crippen molar-refractivity contribution in [3.63, 3.8) is 0 Å². The van der Waals surface area contributed by atoms with Crippen molar-refractivity contribution in [2.45, 2.75) is 85.2 Å². The van der Waals surface area contributed by atoms with Crippen molar-refractivity contribution in [3.8, 4) is 5.75 Å². The van der Waals surface area contributed by atoms with E-state index in [2.05, 4.69) is 34.6 Å². The number of aryl methyl sites for hydroxylation is 2. The zero-order valence-electron chi connectivity index (χ0n) is 17.5. The third-order valence-corrected chi connectivity index (χ3v) is 5.41. The molecule has 3 nitrogen and oxygen atoms in total. The highest BCUT2D eigenvalue weighted by molar-refractivity contribution is 5.90. The second kappa shape index (κ2) is 8.92. The normalized spacial score (nSPS) is 19.4. The van der Waals surface area contributed by atoms with Crippen LogP contribution < -0.4 is 4.74 Å². The molecule has 1 aliphatic heterocycles. The predicted molar refractivity (Wildman–Crippen MR) is 107 cm³/mol. The highest BCUT2D eigenvalue weighted by atomic mass is 16.5. The zero-order chi connectivity index (χ0) is 19.3. The Kier molecular flexibility index (Phi) is 7.14. The van der Waals surface area contributed by atoms with Gasteiger partial charge in [-0.15, -0.1) is 0 Å². The van der Waals surface area contributed by atoms with Crippen LogP contribution in [0.25, 0.3) is 0 Å². The molecule has 146 valence electrons. The first-order chi connectivity index (χ1) is 12.2. The lowest BCUT2D eigenvalue weighted by atomic mass is 9.85. The number of benzene rings is 1. The van der Waals surface area contributed by atoms with Gasteiger partial charge in [0, 0.05) is 0 Å². The Labute approximate surface area is 159 Å². The van der Waals surface area contributed by atoms with Crippen LogP contribution in [0.3, 0.4) is 0 Å². The molecular formula is C23H36O3. The minimum atomic E-state index is -0.260. The van der Waals surface area contributed by atoms with Crippen LogP contribution in [-0.2, 0) is 17.6 Å². The Balaban J connectivity index is 2.26. The number of rotatable bonds is 8. The third kappa shape index (κ3) is 5.49. The van der Waals surface area contributed by atoms with E-state index in [0.29, 0.717) is 11.5 Å². The molecule has 0 bridgehead atoms. The highest BCUT2D eigenvalue weighted by Crippen LogP contribution is 2.40. The second-order valence-electron chi connectivity index (χ2n) is 8.89. The fourth-order valence-electron chi connectivity index (χ4n) is 3.69. The van der Waals surface area contributed by atoms with Crippen LogP contribution >= 0.6 is 0 Å². The fraction of sp³-hybridized carbons (Fsp3) is 0.696. The van der Waals surface area contributed by atoms with Crippen molar-refractivity contribution in [1.82, 2.24) is 0 Å². The van der Waals surface area contributed by atoms with E-state index >= 15 is 0 Å². The lowest BCUT2D eigenvalue weighted by Gasteiger charge is -2.37. The minimum absolute atomic E-state index is 0.0960. The van der Waals surface area contributed by atoms with Crippen LogP contribution in [0.15, 0.2) is 12.1 Å². The first-order valence-corrected chi connectivity index (χ1v) is 10.2. The second-order valence-corrected chi connectivity index (χ2v) is 8.89. The topological polar surface area (TPSA) is 35.5 Å². The molecule has 0 N–H and O–H groups in total. The Morgan fingerprint density at radius 3 is 2.50 bits per heavy atom. The van der Waals surface area contributed by atoms with Gasteiger partial charge < -0.3 is 9.47 Å². The van der Waals surface area contributed by atoms with Crippen molar-refractivity contribution < 1.29 is 14.3 Å².